The number of nitrogens with one attached hydrogen (secondary N) is 1. The first-order valence-electron chi connectivity index (χ1n) is 10.1. The van der Waals surface area contributed by atoms with Crippen LogP contribution in [0, 0.1) is 0 Å². The van der Waals surface area contributed by atoms with E-state index in [0.717, 1.165) is 43.2 Å². The second-order valence-corrected chi connectivity index (χ2v) is 8.61. The van der Waals surface area contributed by atoms with Crippen LogP contribution in [0.25, 0.3) is 5.69 Å². The molecular formula is C21H22ClN7O2S. The van der Waals surface area contributed by atoms with Crippen LogP contribution in [0.2, 0.25) is 5.02 Å². The second kappa shape index (κ2) is 10.0. The Hall–Kier alpha value is -3.11. The summed E-state index contributed by atoms with van der Waals surface area (Å²) in [6.45, 7) is 4.64. The maximum absolute atomic E-state index is 12.4. The predicted octanol–water partition coefficient (Wildman–Crippen LogP) is 2.71. The van der Waals surface area contributed by atoms with Crippen molar-refractivity contribution in [3.05, 3.63) is 53.6 Å². The maximum Gasteiger partial charge on any atom is 0.234 e. The van der Waals surface area contributed by atoms with Gasteiger partial charge in [0.05, 0.1) is 11.4 Å². The molecule has 9 nitrogen and oxygen atoms in total. The largest absolute Gasteiger partial charge is 0.368 e. The van der Waals surface area contributed by atoms with Crippen molar-refractivity contribution in [3.8, 4) is 5.69 Å². The van der Waals surface area contributed by atoms with E-state index in [-0.39, 0.29) is 17.6 Å². The van der Waals surface area contributed by atoms with Crippen LogP contribution >= 0.6 is 23.4 Å². The van der Waals surface area contributed by atoms with Crippen molar-refractivity contribution >= 4 is 46.6 Å². The topological polar surface area (TPSA) is 96.2 Å². The summed E-state index contributed by atoms with van der Waals surface area (Å²) < 4.78 is 1.56. The molecule has 0 saturated carbocycles. The first kappa shape index (κ1) is 22.1. The minimum atomic E-state index is -0.150. The number of aromatic nitrogens is 4. The number of piperazine rings is 1. The third kappa shape index (κ3) is 5.38. The number of nitrogens with zero attached hydrogens (tertiary/aromatic N) is 6. The zero-order chi connectivity index (χ0) is 22.5. The van der Waals surface area contributed by atoms with Gasteiger partial charge in [-0.3, -0.25) is 9.59 Å². The summed E-state index contributed by atoms with van der Waals surface area (Å²) in [6.07, 6.45) is 0. The number of benzene rings is 2. The molecule has 11 heteroatoms. The van der Waals surface area contributed by atoms with E-state index >= 15 is 0 Å². The van der Waals surface area contributed by atoms with Crippen LogP contribution in [-0.4, -0.2) is 68.9 Å². The number of carbonyl (C=O) groups is 2. The Labute approximate surface area is 194 Å². The van der Waals surface area contributed by atoms with Crippen LogP contribution < -0.4 is 10.2 Å². The van der Waals surface area contributed by atoms with Gasteiger partial charge in [-0.05, 0) is 59.0 Å². The van der Waals surface area contributed by atoms with Gasteiger partial charge in [0.25, 0.3) is 0 Å². The summed E-state index contributed by atoms with van der Waals surface area (Å²) >= 11 is 7.18. The number of carbonyl (C=O) groups excluding carboxylic acids is 2. The number of hydrogen-bond donors (Lipinski definition) is 1. The Morgan fingerprint density at radius 3 is 2.31 bits per heavy atom. The molecule has 2 amide bonds. The molecule has 1 saturated heterocycles. The van der Waals surface area contributed by atoms with Gasteiger partial charge in [-0.25, -0.2) is 0 Å². The molecule has 1 aliphatic heterocycles. The third-order valence-corrected chi connectivity index (χ3v) is 6.26. The van der Waals surface area contributed by atoms with Gasteiger partial charge in [-0.1, -0.05) is 23.4 Å². The average molecular weight is 472 g/mol. The van der Waals surface area contributed by atoms with Gasteiger partial charge >= 0.3 is 0 Å². The molecule has 1 fully saturated rings. The van der Waals surface area contributed by atoms with Crippen LogP contribution in [0.15, 0.2) is 53.7 Å². The van der Waals surface area contributed by atoms with Crippen LogP contribution in [0.5, 0.6) is 0 Å². The van der Waals surface area contributed by atoms with Crippen LogP contribution in [0.4, 0.5) is 11.4 Å². The summed E-state index contributed by atoms with van der Waals surface area (Å²) in [4.78, 5) is 28.0. The molecule has 2 aromatic carbocycles. The van der Waals surface area contributed by atoms with Crippen molar-refractivity contribution in [1.29, 1.82) is 0 Å². The van der Waals surface area contributed by atoms with Crippen LogP contribution in [-0.2, 0) is 9.59 Å². The summed E-state index contributed by atoms with van der Waals surface area (Å²) in [5, 5.41) is 15.7. The van der Waals surface area contributed by atoms with E-state index in [1.54, 1.807) is 23.7 Å². The molecule has 2 heterocycles. The average Bonchev–Trinajstić information content (AvgIpc) is 3.27. The van der Waals surface area contributed by atoms with E-state index in [2.05, 4.69) is 25.7 Å². The molecule has 0 atom stereocenters. The van der Waals surface area contributed by atoms with E-state index in [9.17, 15) is 9.59 Å². The first-order valence-corrected chi connectivity index (χ1v) is 11.4. The Morgan fingerprint density at radius 1 is 1.00 bits per heavy atom. The van der Waals surface area contributed by atoms with Gasteiger partial charge in [0.15, 0.2) is 0 Å². The first-order chi connectivity index (χ1) is 15.5. The number of amides is 2. The highest BCUT2D eigenvalue weighted by atomic mass is 35.5. The van der Waals surface area contributed by atoms with Crippen molar-refractivity contribution in [1.82, 2.24) is 25.1 Å². The van der Waals surface area contributed by atoms with E-state index < -0.39 is 0 Å². The van der Waals surface area contributed by atoms with Gasteiger partial charge in [-0.15, -0.1) is 5.10 Å². The lowest BCUT2D eigenvalue weighted by atomic mass is 10.2. The summed E-state index contributed by atoms with van der Waals surface area (Å²) in [6, 6.07) is 14.9. The molecule has 0 radical (unpaired) electrons. The molecule has 1 aliphatic rings. The molecule has 3 aromatic rings. The quantitative estimate of drug-likeness (QED) is 0.552. The zero-order valence-corrected chi connectivity index (χ0v) is 19.0. The smallest absolute Gasteiger partial charge is 0.234 e. The Kier molecular flexibility index (Phi) is 6.91. The van der Waals surface area contributed by atoms with Crippen molar-refractivity contribution in [3.63, 3.8) is 0 Å². The Bertz CT molecular complexity index is 1080. The minimum Gasteiger partial charge on any atom is -0.368 e. The third-order valence-electron chi connectivity index (χ3n) is 5.09. The highest BCUT2D eigenvalue weighted by Gasteiger charge is 2.19. The number of thioether (sulfide) groups is 1. The molecule has 0 aliphatic carbocycles. The van der Waals surface area contributed by atoms with Crippen molar-refractivity contribution in [2.45, 2.75) is 12.1 Å². The number of anilines is 2. The fraction of sp³-hybridized carbons (Fsp3) is 0.286. The molecule has 0 bridgehead atoms. The number of hydrogen-bond acceptors (Lipinski definition) is 7. The van der Waals surface area contributed by atoms with Crippen molar-refractivity contribution in [2.75, 3.05) is 42.1 Å². The van der Waals surface area contributed by atoms with E-state index in [1.807, 2.05) is 41.3 Å². The Balaban J connectivity index is 1.29. The molecule has 0 spiro atoms. The highest BCUT2D eigenvalue weighted by Crippen LogP contribution is 2.22. The number of halogens is 1. The SMILES string of the molecule is CC(=O)N1CCN(c2ccc(NC(=O)CSc3nnnn3-c3ccc(Cl)cc3)cc2)CC1. The van der Waals surface area contributed by atoms with Crippen molar-refractivity contribution < 1.29 is 9.59 Å². The van der Waals surface area contributed by atoms with Crippen LogP contribution in [0.3, 0.4) is 0 Å². The Morgan fingerprint density at radius 2 is 1.66 bits per heavy atom. The fourth-order valence-electron chi connectivity index (χ4n) is 3.38. The van der Waals surface area contributed by atoms with Gasteiger partial charge < -0.3 is 15.1 Å². The summed E-state index contributed by atoms with van der Waals surface area (Å²) in [5.74, 6) is 0.133. The molecule has 1 N–H and O–H groups in total. The predicted molar refractivity (Wildman–Crippen MR) is 124 cm³/mol. The lowest BCUT2D eigenvalue weighted by molar-refractivity contribution is -0.129. The van der Waals surface area contributed by atoms with Crippen LogP contribution in [0.1, 0.15) is 6.92 Å². The number of rotatable bonds is 6. The van der Waals surface area contributed by atoms with Gasteiger partial charge in [0, 0.05) is 49.5 Å². The molecular weight excluding hydrogens is 450 g/mol. The molecule has 166 valence electrons. The molecule has 1 aromatic heterocycles. The minimum absolute atomic E-state index is 0.114. The number of tetrazole rings is 1. The van der Waals surface area contributed by atoms with Gasteiger partial charge in [0.2, 0.25) is 17.0 Å². The lowest BCUT2D eigenvalue weighted by Gasteiger charge is -2.35. The molecule has 0 unspecified atom stereocenters. The summed E-state index contributed by atoms with van der Waals surface area (Å²) in [5.41, 5.74) is 2.56. The zero-order valence-electron chi connectivity index (χ0n) is 17.4. The lowest BCUT2D eigenvalue weighted by Crippen LogP contribution is -2.48. The monoisotopic (exact) mass is 471 g/mol. The van der Waals surface area contributed by atoms with E-state index in [4.69, 9.17) is 11.6 Å². The normalized spacial score (nSPS) is 13.8. The van der Waals surface area contributed by atoms with Gasteiger partial charge in [0.1, 0.15) is 0 Å². The standard InChI is InChI=1S/C21H22ClN7O2S/c1-15(30)27-10-12-28(13-11-27)18-8-4-17(5-9-18)23-20(31)14-32-21-24-25-26-29(21)19-6-2-16(22)3-7-19/h2-9H,10-14H2,1H3,(H,23,31). The molecule has 32 heavy (non-hydrogen) atoms. The highest BCUT2D eigenvalue weighted by molar-refractivity contribution is 7.99. The maximum atomic E-state index is 12.4. The summed E-state index contributed by atoms with van der Waals surface area (Å²) in [7, 11) is 0. The second-order valence-electron chi connectivity index (χ2n) is 7.23. The molecule has 4 rings (SSSR count). The van der Waals surface area contributed by atoms with Gasteiger partial charge in [-0.2, -0.15) is 4.68 Å². The van der Waals surface area contributed by atoms with Crippen molar-refractivity contribution in [2.24, 2.45) is 0 Å². The fourth-order valence-corrected chi connectivity index (χ4v) is 4.19. The van der Waals surface area contributed by atoms with E-state index in [0.29, 0.717) is 10.2 Å². The van der Waals surface area contributed by atoms with E-state index in [1.165, 1.54) is 11.8 Å².